The van der Waals surface area contributed by atoms with Crippen LogP contribution >= 0.6 is 34.2 Å². The molecule has 4 aromatic rings. The topological polar surface area (TPSA) is 59.9 Å². The minimum absolute atomic E-state index is 0.268. The second-order valence-electron chi connectivity index (χ2n) is 7.40. The van der Waals surface area contributed by atoms with E-state index in [2.05, 4.69) is 33.1 Å². The van der Waals surface area contributed by atoms with Crippen LogP contribution in [0.5, 0.6) is 11.5 Å². The largest absolute Gasteiger partial charge is 0.490 e. The van der Waals surface area contributed by atoms with Crippen LogP contribution in [0, 0.1) is 3.57 Å². The Balaban J connectivity index is 1.49. The van der Waals surface area contributed by atoms with Crippen molar-refractivity contribution in [3.8, 4) is 11.5 Å². The van der Waals surface area contributed by atoms with Gasteiger partial charge in [0, 0.05) is 10.6 Å². The second kappa shape index (κ2) is 11.4. The molecule has 0 saturated heterocycles. The Bertz CT molecular complexity index is 1330. The molecule has 0 radical (unpaired) electrons. The van der Waals surface area contributed by atoms with Crippen molar-refractivity contribution in [2.24, 2.45) is 5.10 Å². The number of nitrogens with zero attached hydrogens (tertiary/aromatic N) is 1. The van der Waals surface area contributed by atoms with Crippen molar-refractivity contribution in [1.29, 1.82) is 0 Å². The van der Waals surface area contributed by atoms with E-state index in [0.29, 0.717) is 35.3 Å². The summed E-state index contributed by atoms with van der Waals surface area (Å²) in [6.45, 7) is 2.80. The molecule has 0 aliphatic rings. The maximum Gasteiger partial charge on any atom is 0.271 e. The Morgan fingerprint density at radius 3 is 2.59 bits per heavy atom. The van der Waals surface area contributed by atoms with Gasteiger partial charge in [0.2, 0.25) is 0 Å². The van der Waals surface area contributed by atoms with Crippen molar-refractivity contribution in [2.75, 3.05) is 6.61 Å². The van der Waals surface area contributed by atoms with E-state index in [1.54, 1.807) is 12.3 Å². The molecule has 1 amide bonds. The van der Waals surface area contributed by atoms with Gasteiger partial charge in [0.05, 0.1) is 16.4 Å². The molecule has 4 rings (SSSR count). The van der Waals surface area contributed by atoms with Crippen molar-refractivity contribution in [3.63, 3.8) is 0 Å². The number of halogens is 2. The molecule has 0 aliphatic heterocycles. The van der Waals surface area contributed by atoms with Gasteiger partial charge in [-0.25, -0.2) is 5.43 Å². The Hall–Kier alpha value is -3.10. The molecule has 0 fully saturated rings. The molecule has 0 aromatic heterocycles. The SMILES string of the molecule is CCOc1cc(/C=N/NC(=O)c2cccc3ccccc23)cc(I)c1OCc1ccc(Cl)cc1. The quantitative estimate of drug-likeness (QED) is 0.140. The molecule has 172 valence electrons. The van der Waals surface area contributed by atoms with Crippen LogP contribution in [0.2, 0.25) is 5.02 Å². The number of hydrogen-bond acceptors (Lipinski definition) is 4. The van der Waals surface area contributed by atoms with E-state index in [9.17, 15) is 4.79 Å². The van der Waals surface area contributed by atoms with E-state index in [-0.39, 0.29) is 5.91 Å². The maximum absolute atomic E-state index is 12.7. The van der Waals surface area contributed by atoms with E-state index in [1.807, 2.05) is 79.7 Å². The first-order valence-corrected chi connectivity index (χ1v) is 12.2. The summed E-state index contributed by atoms with van der Waals surface area (Å²) in [6, 6.07) is 24.7. The van der Waals surface area contributed by atoms with Gasteiger partial charge >= 0.3 is 0 Å². The molecular formula is C27H22ClIN2O3. The highest BCUT2D eigenvalue weighted by Gasteiger charge is 2.13. The predicted octanol–water partition coefficient (Wildman–Crippen LogP) is 6.84. The van der Waals surface area contributed by atoms with E-state index < -0.39 is 0 Å². The summed E-state index contributed by atoms with van der Waals surface area (Å²) < 4.78 is 12.7. The number of rotatable bonds is 8. The van der Waals surface area contributed by atoms with Crippen LogP contribution in [0.1, 0.15) is 28.4 Å². The number of carbonyl (C=O) groups is 1. The summed E-state index contributed by atoms with van der Waals surface area (Å²) in [5.74, 6) is 1.01. The van der Waals surface area contributed by atoms with Gasteiger partial charge in [0.1, 0.15) is 6.61 Å². The van der Waals surface area contributed by atoms with E-state index in [0.717, 1.165) is 25.5 Å². The fourth-order valence-corrected chi connectivity index (χ4v) is 4.36. The summed E-state index contributed by atoms with van der Waals surface area (Å²) in [6.07, 6.45) is 1.59. The Labute approximate surface area is 216 Å². The number of carbonyl (C=O) groups excluding carboxylic acids is 1. The predicted molar refractivity (Wildman–Crippen MR) is 145 cm³/mol. The lowest BCUT2D eigenvalue weighted by Crippen LogP contribution is -2.18. The molecule has 0 atom stereocenters. The average Bonchev–Trinajstić information content (AvgIpc) is 2.84. The summed E-state index contributed by atoms with van der Waals surface area (Å²) >= 11 is 8.17. The van der Waals surface area contributed by atoms with Gasteiger partial charge < -0.3 is 9.47 Å². The lowest BCUT2D eigenvalue weighted by Gasteiger charge is -2.15. The molecular weight excluding hydrogens is 563 g/mol. The van der Waals surface area contributed by atoms with E-state index in [1.165, 1.54) is 0 Å². The first-order valence-electron chi connectivity index (χ1n) is 10.7. The van der Waals surface area contributed by atoms with Crippen molar-refractivity contribution >= 4 is 57.1 Å². The van der Waals surface area contributed by atoms with E-state index >= 15 is 0 Å². The number of fused-ring (bicyclic) bond motifs is 1. The summed E-state index contributed by atoms with van der Waals surface area (Å²) in [5, 5.41) is 6.73. The minimum atomic E-state index is -0.268. The number of hydrazone groups is 1. The number of nitrogens with one attached hydrogen (secondary N) is 1. The van der Waals surface area contributed by atoms with Crippen LogP contribution in [0.25, 0.3) is 10.8 Å². The Morgan fingerprint density at radius 2 is 1.79 bits per heavy atom. The van der Waals surface area contributed by atoms with Crippen molar-refractivity contribution in [3.05, 3.63) is 104 Å². The lowest BCUT2D eigenvalue weighted by molar-refractivity contribution is 0.0957. The highest BCUT2D eigenvalue weighted by atomic mass is 127. The van der Waals surface area contributed by atoms with Gasteiger partial charge in [-0.2, -0.15) is 5.10 Å². The molecule has 0 aliphatic carbocycles. The van der Waals surface area contributed by atoms with Crippen LogP contribution in [-0.2, 0) is 6.61 Å². The standard InChI is InChI=1S/C27H22ClIN2O3/c1-2-33-25-15-19(14-24(29)26(25)34-17-18-10-12-21(28)13-11-18)16-30-31-27(32)23-9-5-7-20-6-3-4-8-22(20)23/h3-16H,2,17H2,1H3,(H,31,32)/b30-16+. The molecule has 0 spiro atoms. The fourth-order valence-electron chi connectivity index (χ4n) is 3.45. The summed E-state index contributed by atoms with van der Waals surface area (Å²) in [4.78, 5) is 12.7. The minimum Gasteiger partial charge on any atom is -0.490 e. The monoisotopic (exact) mass is 584 g/mol. The smallest absolute Gasteiger partial charge is 0.271 e. The number of amides is 1. The third-order valence-corrected chi connectivity index (χ3v) is 6.10. The molecule has 0 heterocycles. The van der Waals surface area contributed by atoms with Crippen molar-refractivity contribution in [1.82, 2.24) is 5.43 Å². The van der Waals surface area contributed by atoms with Crippen LogP contribution in [0.4, 0.5) is 0 Å². The highest BCUT2D eigenvalue weighted by Crippen LogP contribution is 2.34. The first kappa shape index (κ1) is 24.0. The van der Waals surface area contributed by atoms with Crippen LogP contribution < -0.4 is 14.9 Å². The van der Waals surface area contributed by atoms with Gasteiger partial charge in [-0.3, -0.25) is 4.79 Å². The number of benzene rings is 4. The molecule has 1 N–H and O–H groups in total. The number of hydrogen-bond donors (Lipinski definition) is 1. The van der Waals surface area contributed by atoms with Gasteiger partial charge in [0.25, 0.3) is 5.91 Å². The van der Waals surface area contributed by atoms with Crippen molar-refractivity contribution in [2.45, 2.75) is 13.5 Å². The molecule has 7 heteroatoms. The molecule has 5 nitrogen and oxygen atoms in total. The average molecular weight is 585 g/mol. The summed E-state index contributed by atoms with van der Waals surface area (Å²) in [7, 11) is 0. The maximum atomic E-state index is 12.7. The van der Waals surface area contributed by atoms with E-state index in [4.69, 9.17) is 21.1 Å². The van der Waals surface area contributed by atoms with Gasteiger partial charge in [0.15, 0.2) is 11.5 Å². The molecule has 0 saturated carbocycles. The Morgan fingerprint density at radius 1 is 1.03 bits per heavy atom. The lowest BCUT2D eigenvalue weighted by atomic mass is 10.0. The fraction of sp³-hybridized carbons (Fsp3) is 0.111. The molecule has 0 unspecified atom stereocenters. The third kappa shape index (κ3) is 5.87. The zero-order valence-electron chi connectivity index (χ0n) is 18.4. The van der Waals surface area contributed by atoms with Crippen LogP contribution in [0.15, 0.2) is 84.0 Å². The van der Waals surface area contributed by atoms with Gasteiger partial charge in [-0.1, -0.05) is 60.1 Å². The van der Waals surface area contributed by atoms with Crippen molar-refractivity contribution < 1.29 is 14.3 Å². The van der Waals surface area contributed by atoms with Gasteiger partial charge in [-0.15, -0.1) is 0 Å². The highest BCUT2D eigenvalue weighted by molar-refractivity contribution is 14.1. The summed E-state index contributed by atoms with van der Waals surface area (Å²) in [5.41, 5.74) is 4.98. The number of ether oxygens (including phenoxy) is 2. The first-order chi connectivity index (χ1) is 16.5. The second-order valence-corrected chi connectivity index (χ2v) is 9.00. The molecule has 34 heavy (non-hydrogen) atoms. The third-order valence-electron chi connectivity index (χ3n) is 5.04. The van der Waals surface area contributed by atoms with Crippen LogP contribution in [-0.4, -0.2) is 18.7 Å². The zero-order chi connectivity index (χ0) is 23.9. The molecule has 0 bridgehead atoms. The van der Waals surface area contributed by atoms with Crippen LogP contribution in [0.3, 0.4) is 0 Å². The van der Waals surface area contributed by atoms with Gasteiger partial charge in [-0.05, 0) is 81.7 Å². The normalized spacial score (nSPS) is 11.0. The molecule has 4 aromatic carbocycles. The Kier molecular flexibility index (Phi) is 8.03. The zero-order valence-corrected chi connectivity index (χ0v) is 21.3.